The van der Waals surface area contributed by atoms with E-state index in [1.54, 1.807) is 11.3 Å². The number of methoxy groups -OCH3 is 1. The number of hydrogen-bond acceptors (Lipinski definition) is 3. The Morgan fingerprint density at radius 3 is 2.24 bits per heavy atom. The zero-order valence-corrected chi connectivity index (χ0v) is 12.2. The lowest BCUT2D eigenvalue weighted by atomic mass is 10.2. The van der Waals surface area contributed by atoms with E-state index in [1.807, 2.05) is 13.8 Å². The molecule has 0 radical (unpaired) electrons. The van der Waals surface area contributed by atoms with Crippen LogP contribution in [0.1, 0.15) is 36.9 Å². The predicted molar refractivity (Wildman–Crippen MR) is 76.6 cm³/mol. The lowest BCUT2D eigenvalue weighted by Crippen LogP contribution is -2.00. The van der Waals surface area contributed by atoms with E-state index in [0.717, 1.165) is 12.8 Å². The van der Waals surface area contributed by atoms with E-state index in [2.05, 4.69) is 37.0 Å². The quantitative estimate of drug-likeness (QED) is 0.595. The molecule has 0 amide bonds. The molecule has 0 aliphatic rings. The van der Waals surface area contributed by atoms with Gasteiger partial charge in [-0.25, -0.2) is 0 Å². The summed E-state index contributed by atoms with van der Waals surface area (Å²) in [4.78, 5) is 13.5. The standard InChI is InChI=1S/C10H14O2S.C2H6.C2H4/c1-3-8-4-5-9(13-8)6-7-10(11)12-2;2*1-2/h4-5H,3,6-7H2,1-2H3;1-2H3;1-2H2. The van der Waals surface area contributed by atoms with Crippen molar-refractivity contribution in [1.82, 2.24) is 0 Å². The summed E-state index contributed by atoms with van der Waals surface area (Å²) in [6.07, 6.45) is 2.36. The van der Waals surface area contributed by atoms with Crippen LogP contribution in [-0.2, 0) is 22.4 Å². The van der Waals surface area contributed by atoms with Gasteiger partial charge in [-0.1, -0.05) is 20.8 Å². The van der Waals surface area contributed by atoms with E-state index in [1.165, 1.54) is 16.9 Å². The second-order valence-electron chi connectivity index (χ2n) is 2.80. The van der Waals surface area contributed by atoms with Crippen LogP contribution < -0.4 is 0 Å². The highest BCUT2D eigenvalue weighted by molar-refractivity contribution is 7.11. The highest BCUT2D eigenvalue weighted by Gasteiger charge is 2.03. The van der Waals surface area contributed by atoms with Crippen LogP contribution in [0.25, 0.3) is 0 Å². The summed E-state index contributed by atoms with van der Waals surface area (Å²) in [5.74, 6) is -0.133. The summed E-state index contributed by atoms with van der Waals surface area (Å²) >= 11 is 1.78. The van der Waals surface area contributed by atoms with Gasteiger partial charge in [0.05, 0.1) is 13.5 Å². The molecule has 0 N–H and O–H groups in total. The van der Waals surface area contributed by atoms with Gasteiger partial charge in [-0.05, 0) is 25.0 Å². The zero-order chi connectivity index (χ0) is 13.7. The lowest BCUT2D eigenvalue weighted by molar-refractivity contribution is -0.140. The average molecular weight is 256 g/mol. The number of hydrogen-bond donors (Lipinski definition) is 0. The number of esters is 1. The average Bonchev–Trinajstić information content (AvgIpc) is 2.88. The maximum Gasteiger partial charge on any atom is 0.305 e. The molecule has 0 aliphatic carbocycles. The molecule has 1 rings (SSSR count). The van der Waals surface area contributed by atoms with Crippen LogP contribution in [0.2, 0.25) is 0 Å². The fourth-order valence-electron chi connectivity index (χ4n) is 1.07. The van der Waals surface area contributed by atoms with Crippen molar-refractivity contribution in [3.63, 3.8) is 0 Å². The minimum Gasteiger partial charge on any atom is -0.469 e. The Morgan fingerprint density at radius 1 is 1.29 bits per heavy atom. The fourth-order valence-corrected chi connectivity index (χ4v) is 2.03. The molecule has 0 bridgehead atoms. The van der Waals surface area contributed by atoms with Crippen molar-refractivity contribution in [2.75, 3.05) is 7.11 Å². The third-order valence-electron chi connectivity index (χ3n) is 1.87. The van der Waals surface area contributed by atoms with E-state index in [0.29, 0.717) is 6.42 Å². The maximum atomic E-state index is 10.8. The van der Waals surface area contributed by atoms with E-state index in [9.17, 15) is 4.79 Å². The molecular weight excluding hydrogens is 232 g/mol. The number of rotatable bonds is 4. The van der Waals surface area contributed by atoms with Gasteiger partial charge in [0.2, 0.25) is 0 Å². The van der Waals surface area contributed by atoms with Crippen molar-refractivity contribution in [3.05, 3.63) is 35.0 Å². The van der Waals surface area contributed by atoms with E-state index < -0.39 is 0 Å². The summed E-state index contributed by atoms with van der Waals surface area (Å²) in [6.45, 7) is 12.1. The minimum atomic E-state index is -0.133. The Kier molecular flexibility index (Phi) is 14.0. The van der Waals surface area contributed by atoms with Gasteiger partial charge in [-0.2, -0.15) is 0 Å². The molecule has 1 heterocycles. The van der Waals surface area contributed by atoms with Crippen LogP contribution in [-0.4, -0.2) is 13.1 Å². The molecule has 0 spiro atoms. The largest absolute Gasteiger partial charge is 0.469 e. The first-order valence-electron chi connectivity index (χ1n) is 5.90. The molecule has 0 aromatic carbocycles. The predicted octanol–water partition coefficient (Wildman–Crippen LogP) is 4.24. The van der Waals surface area contributed by atoms with Crippen molar-refractivity contribution < 1.29 is 9.53 Å². The Balaban J connectivity index is 0. The summed E-state index contributed by atoms with van der Waals surface area (Å²) in [5, 5.41) is 0. The Bertz CT molecular complexity index is 292. The number of aryl methyl sites for hydroxylation is 2. The first kappa shape index (κ1) is 18.3. The van der Waals surface area contributed by atoms with E-state index in [4.69, 9.17) is 0 Å². The second-order valence-corrected chi connectivity index (χ2v) is 4.05. The molecule has 98 valence electrons. The first-order chi connectivity index (χ1) is 8.26. The van der Waals surface area contributed by atoms with Gasteiger partial charge in [-0.15, -0.1) is 24.5 Å². The Hall–Kier alpha value is -1.09. The van der Waals surface area contributed by atoms with Crippen LogP contribution in [0.4, 0.5) is 0 Å². The molecule has 1 aromatic rings. The molecule has 0 aliphatic heterocycles. The molecule has 3 heteroatoms. The van der Waals surface area contributed by atoms with E-state index in [-0.39, 0.29) is 5.97 Å². The number of thiophene rings is 1. The smallest absolute Gasteiger partial charge is 0.305 e. The summed E-state index contributed by atoms with van der Waals surface area (Å²) in [5.41, 5.74) is 0. The molecule has 0 unspecified atom stereocenters. The van der Waals surface area contributed by atoms with Crippen molar-refractivity contribution in [2.45, 2.75) is 40.0 Å². The number of carbonyl (C=O) groups is 1. The van der Waals surface area contributed by atoms with Crippen LogP contribution in [0.15, 0.2) is 25.3 Å². The van der Waals surface area contributed by atoms with Crippen LogP contribution >= 0.6 is 11.3 Å². The first-order valence-corrected chi connectivity index (χ1v) is 6.72. The van der Waals surface area contributed by atoms with Crippen molar-refractivity contribution in [2.24, 2.45) is 0 Å². The Labute approximate surface area is 109 Å². The maximum absolute atomic E-state index is 10.8. The second kappa shape index (κ2) is 13.0. The molecule has 0 fully saturated rings. The highest BCUT2D eigenvalue weighted by atomic mass is 32.1. The van der Waals surface area contributed by atoms with Crippen molar-refractivity contribution in [1.29, 1.82) is 0 Å². The molecule has 1 aromatic heterocycles. The van der Waals surface area contributed by atoms with Crippen LogP contribution in [0.3, 0.4) is 0 Å². The third kappa shape index (κ3) is 8.69. The van der Waals surface area contributed by atoms with Gasteiger partial charge >= 0.3 is 5.97 Å². The normalized spacial score (nSPS) is 8.24. The van der Waals surface area contributed by atoms with Gasteiger partial charge in [0.15, 0.2) is 0 Å². The molecule has 0 saturated heterocycles. The van der Waals surface area contributed by atoms with Crippen molar-refractivity contribution in [3.8, 4) is 0 Å². The summed E-state index contributed by atoms with van der Waals surface area (Å²) < 4.78 is 4.57. The lowest BCUT2D eigenvalue weighted by Gasteiger charge is -1.96. The Morgan fingerprint density at radius 2 is 1.82 bits per heavy atom. The molecule has 0 atom stereocenters. The number of ether oxygens (including phenoxy) is 1. The van der Waals surface area contributed by atoms with Gasteiger partial charge in [0.25, 0.3) is 0 Å². The third-order valence-corrected chi connectivity index (χ3v) is 3.16. The van der Waals surface area contributed by atoms with Gasteiger partial charge in [0.1, 0.15) is 0 Å². The SMILES string of the molecule is C=C.CC.CCc1ccc(CCC(=O)OC)s1. The minimum absolute atomic E-state index is 0.133. The van der Waals surface area contributed by atoms with Crippen molar-refractivity contribution >= 4 is 17.3 Å². The molecule has 17 heavy (non-hydrogen) atoms. The van der Waals surface area contributed by atoms with Gasteiger partial charge in [-0.3, -0.25) is 4.79 Å². The topological polar surface area (TPSA) is 26.3 Å². The molecular formula is C14H24O2S. The van der Waals surface area contributed by atoms with Gasteiger partial charge < -0.3 is 4.74 Å². The molecule has 0 saturated carbocycles. The molecule has 2 nitrogen and oxygen atoms in total. The van der Waals surface area contributed by atoms with Gasteiger partial charge in [0, 0.05) is 9.75 Å². The van der Waals surface area contributed by atoms with E-state index >= 15 is 0 Å². The number of carbonyl (C=O) groups excluding carboxylic acids is 1. The summed E-state index contributed by atoms with van der Waals surface area (Å²) in [6, 6.07) is 4.21. The monoisotopic (exact) mass is 256 g/mol. The highest BCUT2D eigenvalue weighted by Crippen LogP contribution is 2.18. The summed E-state index contributed by atoms with van der Waals surface area (Å²) in [7, 11) is 1.42. The van der Waals surface area contributed by atoms with Crippen LogP contribution in [0.5, 0.6) is 0 Å². The fraction of sp³-hybridized carbons (Fsp3) is 0.500. The van der Waals surface area contributed by atoms with Crippen LogP contribution in [0, 0.1) is 0 Å². The zero-order valence-electron chi connectivity index (χ0n) is 11.4.